The molecule has 3 aromatic rings. The topological polar surface area (TPSA) is 87.6 Å². The van der Waals surface area contributed by atoms with Crippen molar-refractivity contribution in [1.29, 1.82) is 0 Å². The van der Waals surface area contributed by atoms with Crippen LogP contribution in [-0.2, 0) is 6.61 Å². The van der Waals surface area contributed by atoms with Crippen molar-refractivity contribution in [2.75, 3.05) is 0 Å². The molecule has 0 unspecified atom stereocenters. The van der Waals surface area contributed by atoms with Crippen LogP contribution in [0.15, 0.2) is 41.0 Å². The molecule has 0 saturated carbocycles. The van der Waals surface area contributed by atoms with Gasteiger partial charge >= 0.3 is 0 Å². The minimum absolute atomic E-state index is 0.00372. The Balaban J connectivity index is 1.93. The molecular weight excluding hydrogens is 250 g/mol. The molecule has 3 aromatic heterocycles. The Labute approximate surface area is 107 Å². The van der Waals surface area contributed by atoms with Gasteiger partial charge in [-0.2, -0.15) is 0 Å². The van der Waals surface area contributed by atoms with E-state index in [-0.39, 0.29) is 6.61 Å². The first-order valence-corrected chi connectivity index (χ1v) is 6.06. The monoisotopic (exact) mass is 259 g/mol. The fraction of sp³-hybridized carbons (Fsp3) is 0.0909. The molecule has 0 aliphatic rings. The molecule has 0 fully saturated rings. The van der Waals surface area contributed by atoms with E-state index in [1.54, 1.807) is 12.5 Å². The lowest BCUT2D eigenvalue weighted by atomic mass is 10.3. The van der Waals surface area contributed by atoms with E-state index in [1.165, 1.54) is 18.1 Å². The molecular formula is C11H9N5OS. The van der Waals surface area contributed by atoms with Gasteiger partial charge in [-0.25, -0.2) is 19.9 Å². The summed E-state index contributed by atoms with van der Waals surface area (Å²) in [6.45, 7) is -0.00372. The van der Waals surface area contributed by atoms with Crippen molar-refractivity contribution in [3.05, 3.63) is 36.5 Å². The second-order valence-corrected chi connectivity index (χ2v) is 4.55. The van der Waals surface area contributed by atoms with Crippen LogP contribution < -0.4 is 0 Å². The van der Waals surface area contributed by atoms with Crippen molar-refractivity contribution < 1.29 is 5.11 Å². The Kier molecular flexibility index (Phi) is 2.91. The SMILES string of the molecule is OCc1ccc(Sc2ncnc3nc[nH]c23)nc1. The molecule has 0 atom stereocenters. The molecule has 0 aromatic carbocycles. The summed E-state index contributed by atoms with van der Waals surface area (Å²) in [4.78, 5) is 19.6. The van der Waals surface area contributed by atoms with Gasteiger partial charge in [0.2, 0.25) is 0 Å². The number of nitrogens with zero attached hydrogens (tertiary/aromatic N) is 4. The number of aromatic amines is 1. The first-order valence-electron chi connectivity index (χ1n) is 5.24. The summed E-state index contributed by atoms with van der Waals surface area (Å²) < 4.78 is 0. The maximum atomic E-state index is 8.95. The lowest BCUT2D eigenvalue weighted by Gasteiger charge is -2.01. The summed E-state index contributed by atoms with van der Waals surface area (Å²) in [5.41, 5.74) is 2.23. The molecule has 2 N–H and O–H groups in total. The van der Waals surface area contributed by atoms with Gasteiger partial charge in [-0.1, -0.05) is 6.07 Å². The molecule has 0 aliphatic carbocycles. The lowest BCUT2D eigenvalue weighted by molar-refractivity contribution is 0.281. The van der Waals surface area contributed by atoms with E-state index in [4.69, 9.17) is 5.11 Å². The van der Waals surface area contributed by atoms with Gasteiger partial charge in [0.15, 0.2) is 5.65 Å². The maximum absolute atomic E-state index is 8.95. The summed E-state index contributed by atoms with van der Waals surface area (Å²) >= 11 is 1.43. The van der Waals surface area contributed by atoms with Crippen molar-refractivity contribution >= 4 is 22.9 Å². The van der Waals surface area contributed by atoms with Crippen LogP contribution in [-0.4, -0.2) is 30.0 Å². The normalized spacial score (nSPS) is 10.9. The highest BCUT2D eigenvalue weighted by molar-refractivity contribution is 7.99. The highest BCUT2D eigenvalue weighted by atomic mass is 32.2. The lowest BCUT2D eigenvalue weighted by Crippen LogP contribution is -1.89. The average Bonchev–Trinajstić information content (AvgIpc) is 2.89. The van der Waals surface area contributed by atoms with Gasteiger partial charge in [0.1, 0.15) is 21.9 Å². The van der Waals surface area contributed by atoms with Crippen LogP contribution in [0.5, 0.6) is 0 Å². The summed E-state index contributed by atoms with van der Waals surface area (Å²) in [5, 5.41) is 10.5. The van der Waals surface area contributed by atoms with Crippen LogP contribution in [0.1, 0.15) is 5.56 Å². The average molecular weight is 259 g/mol. The van der Waals surface area contributed by atoms with Crippen molar-refractivity contribution in [3.8, 4) is 0 Å². The van der Waals surface area contributed by atoms with Crippen LogP contribution in [0.4, 0.5) is 0 Å². The number of aliphatic hydroxyl groups is 1. The Hall–Kier alpha value is -1.99. The molecule has 0 saturated heterocycles. The van der Waals surface area contributed by atoms with Crippen molar-refractivity contribution in [3.63, 3.8) is 0 Å². The van der Waals surface area contributed by atoms with Gasteiger partial charge in [0.25, 0.3) is 0 Å². The van der Waals surface area contributed by atoms with E-state index in [1.807, 2.05) is 12.1 Å². The number of aromatic nitrogens is 5. The van der Waals surface area contributed by atoms with E-state index in [0.717, 1.165) is 21.1 Å². The summed E-state index contributed by atoms with van der Waals surface area (Å²) in [7, 11) is 0. The third-order valence-corrected chi connectivity index (χ3v) is 3.32. The van der Waals surface area contributed by atoms with Crippen molar-refractivity contribution in [2.45, 2.75) is 16.7 Å². The largest absolute Gasteiger partial charge is 0.392 e. The van der Waals surface area contributed by atoms with Gasteiger partial charge in [-0.15, -0.1) is 0 Å². The Morgan fingerprint density at radius 2 is 2.11 bits per heavy atom. The summed E-state index contributed by atoms with van der Waals surface area (Å²) in [5.74, 6) is 0. The number of rotatable bonds is 3. The van der Waals surface area contributed by atoms with Gasteiger partial charge in [0.05, 0.1) is 12.9 Å². The second-order valence-electron chi connectivity index (χ2n) is 3.54. The number of nitrogens with one attached hydrogen (secondary N) is 1. The van der Waals surface area contributed by atoms with Crippen LogP contribution in [0, 0.1) is 0 Å². The quantitative estimate of drug-likeness (QED) is 0.691. The zero-order chi connectivity index (χ0) is 12.4. The third kappa shape index (κ3) is 2.05. The number of hydrogen-bond acceptors (Lipinski definition) is 6. The van der Waals surface area contributed by atoms with Crippen LogP contribution in [0.2, 0.25) is 0 Å². The molecule has 6 nitrogen and oxygen atoms in total. The molecule has 0 spiro atoms. The van der Waals surface area contributed by atoms with Crippen molar-refractivity contribution in [1.82, 2.24) is 24.9 Å². The molecule has 3 heterocycles. The molecule has 0 radical (unpaired) electrons. The number of fused-ring (bicyclic) bond motifs is 1. The smallest absolute Gasteiger partial charge is 0.181 e. The number of pyridine rings is 1. The maximum Gasteiger partial charge on any atom is 0.181 e. The number of imidazole rings is 1. The van der Waals surface area contributed by atoms with Crippen molar-refractivity contribution in [2.24, 2.45) is 0 Å². The molecule has 7 heteroatoms. The van der Waals surface area contributed by atoms with Gasteiger partial charge in [-0.05, 0) is 23.4 Å². The van der Waals surface area contributed by atoms with E-state index in [9.17, 15) is 0 Å². The second kappa shape index (κ2) is 4.71. The molecule has 0 amide bonds. The Morgan fingerprint density at radius 1 is 1.17 bits per heavy atom. The first kappa shape index (κ1) is 11.1. The molecule has 90 valence electrons. The van der Waals surface area contributed by atoms with Crippen LogP contribution >= 0.6 is 11.8 Å². The minimum Gasteiger partial charge on any atom is -0.392 e. The molecule has 18 heavy (non-hydrogen) atoms. The zero-order valence-electron chi connectivity index (χ0n) is 9.24. The number of aliphatic hydroxyl groups excluding tert-OH is 1. The number of H-pyrrole nitrogens is 1. The highest BCUT2D eigenvalue weighted by Gasteiger charge is 2.08. The molecule has 0 bridgehead atoms. The predicted molar refractivity (Wildman–Crippen MR) is 66.0 cm³/mol. The fourth-order valence-corrected chi connectivity index (χ4v) is 2.28. The van der Waals surface area contributed by atoms with Crippen LogP contribution in [0.3, 0.4) is 0 Å². The van der Waals surface area contributed by atoms with Gasteiger partial charge in [0, 0.05) is 6.20 Å². The van der Waals surface area contributed by atoms with E-state index >= 15 is 0 Å². The van der Waals surface area contributed by atoms with E-state index in [2.05, 4.69) is 24.9 Å². The highest BCUT2D eigenvalue weighted by Crippen LogP contribution is 2.27. The summed E-state index contributed by atoms with van der Waals surface area (Å²) in [6.07, 6.45) is 4.72. The first-order chi connectivity index (χ1) is 8.86. The summed E-state index contributed by atoms with van der Waals surface area (Å²) in [6, 6.07) is 3.68. The number of hydrogen-bond donors (Lipinski definition) is 2. The molecule has 0 aliphatic heterocycles. The zero-order valence-corrected chi connectivity index (χ0v) is 10.1. The molecule has 3 rings (SSSR count). The van der Waals surface area contributed by atoms with Gasteiger partial charge in [-0.3, -0.25) is 0 Å². The minimum atomic E-state index is -0.00372. The fourth-order valence-electron chi connectivity index (χ4n) is 1.48. The van der Waals surface area contributed by atoms with E-state index in [0.29, 0.717) is 5.65 Å². The Bertz CT molecular complexity index is 667. The predicted octanol–water partition coefficient (Wildman–Crippen LogP) is 1.39. The van der Waals surface area contributed by atoms with Gasteiger partial charge < -0.3 is 10.1 Å². The standard InChI is InChI=1S/C11H9N5OS/c17-4-7-1-2-8(12-3-7)18-11-9-10(14-5-13-9)15-6-16-11/h1-3,5-6,17H,4H2,(H,13,14,15,16). The Morgan fingerprint density at radius 3 is 2.89 bits per heavy atom. The van der Waals surface area contributed by atoms with E-state index < -0.39 is 0 Å². The third-order valence-electron chi connectivity index (χ3n) is 2.37. The van der Waals surface area contributed by atoms with Crippen LogP contribution in [0.25, 0.3) is 11.2 Å².